The second kappa shape index (κ2) is 4.72. The Hall–Kier alpha value is -1.78. The molecule has 1 saturated heterocycles. The van der Waals surface area contributed by atoms with Crippen molar-refractivity contribution in [2.45, 2.75) is 32.3 Å². The van der Waals surface area contributed by atoms with Gasteiger partial charge in [0.05, 0.1) is 19.2 Å². The van der Waals surface area contributed by atoms with E-state index in [1.807, 2.05) is 4.90 Å². The number of hydrogen-bond acceptors (Lipinski definition) is 4. The first kappa shape index (κ1) is 12.3. The Morgan fingerprint density at radius 3 is 2.68 bits per heavy atom. The largest absolute Gasteiger partial charge is 0.486 e. The van der Waals surface area contributed by atoms with Crippen molar-refractivity contribution in [2.24, 2.45) is 5.92 Å². The fourth-order valence-electron chi connectivity index (χ4n) is 2.44. The lowest BCUT2D eigenvalue weighted by Gasteiger charge is -2.42. The van der Waals surface area contributed by atoms with Crippen LogP contribution in [-0.4, -0.2) is 30.0 Å². The number of carbonyl (C=O) groups is 1. The molecular weight excluding hydrogens is 246 g/mol. The minimum Gasteiger partial charge on any atom is -0.486 e. The molecule has 1 aromatic heterocycles. The molecule has 0 unspecified atom stereocenters. The summed E-state index contributed by atoms with van der Waals surface area (Å²) in [5, 5.41) is 0. The van der Waals surface area contributed by atoms with E-state index in [0.717, 1.165) is 12.8 Å². The topological polar surface area (TPSA) is 59.8 Å². The van der Waals surface area contributed by atoms with E-state index in [4.69, 9.17) is 9.15 Å². The predicted molar refractivity (Wildman–Crippen MR) is 68.1 cm³/mol. The van der Waals surface area contributed by atoms with E-state index in [0.29, 0.717) is 24.6 Å². The van der Waals surface area contributed by atoms with Crippen LogP contribution >= 0.6 is 0 Å². The molecule has 0 N–H and O–H groups in total. The van der Waals surface area contributed by atoms with Crippen LogP contribution in [-0.2, 0) is 4.79 Å². The highest BCUT2D eigenvalue weighted by atomic mass is 16.5. The molecule has 3 rings (SSSR count). The normalized spacial score (nSPS) is 19.7. The number of hydrogen-bond donors (Lipinski definition) is 0. The Balaban J connectivity index is 1.53. The maximum absolute atomic E-state index is 11.9. The summed E-state index contributed by atoms with van der Waals surface area (Å²) in [5.74, 6) is 1.56. The molecule has 2 aliphatic rings. The predicted octanol–water partition coefficient (Wildman–Crippen LogP) is 1.34. The van der Waals surface area contributed by atoms with Gasteiger partial charge in [-0.15, -0.1) is 0 Å². The highest BCUT2D eigenvalue weighted by Gasteiger charge is 2.37. The van der Waals surface area contributed by atoms with E-state index < -0.39 is 5.63 Å². The number of aryl methyl sites for hydroxylation is 1. The molecule has 5 nitrogen and oxygen atoms in total. The fraction of sp³-hybridized carbons (Fsp3) is 0.571. The fourth-order valence-corrected chi connectivity index (χ4v) is 2.44. The minimum atomic E-state index is -0.406. The molecule has 1 aliphatic heterocycles. The third-order valence-electron chi connectivity index (χ3n) is 3.78. The lowest BCUT2D eigenvalue weighted by molar-refractivity contribution is -0.147. The first-order chi connectivity index (χ1) is 9.11. The summed E-state index contributed by atoms with van der Waals surface area (Å²) in [6, 6.07) is 3.03. The first-order valence-electron chi connectivity index (χ1n) is 6.69. The van der Waals surface area contributed by atoms with Gasteiger partial charge in [0.2, 0.25) is 5.91 Å². The molecule has 19 heavy (non-hydrogen) atoms. The molecule has 5 heteroatoms. The lowest BCUT2D eigenvalue weighted by Crippen LogP contribution is -2.58. The summed E-state index contributed by atoms with van der Waals surface area (Å²) >= 11 is 0. The molecular formula is C14H17NO4. The summed E-state index contributed by atoms with van der Waals surface area (Å²) in [6.07, 6.45) is 3.22. The van der Waals surface area contributed by atoms with Crippen molar-refractivity contribution >= 4 is 5.91 Å². The number of nitrogens with zero attached hydrogens (tertiary/aromatic N) is 1. The van der Waals surface area contributed by atoms with Crippen LogP contribution in [0.2, 0.25) is 0 Å². The van der Waals surface area contributed by atoms with Gasteiger partial charge in [0.1, 0.15) is 17.6 Å². The van der Waals surface area contributed by atoms with Gasteiger partial charge in [-0.1, -0.05) is 6.42 Å². The second-order valence-electron chi connectivity index (χ2n) is 5.33. The van der Waals surface area contributed by atoms with Crippen molar-refractivity contribution in [1.29, 1.82) is 0 Å². The number of likely N-dealkylation sites (tertiary alicyclic amines) is 1. The van der Waals surface area contributed by atoms with E-state index in [-0.39, 0.29) is 17.9 Å². The van der Waals surface area contributed by atoms with Gasteiger partial charge in [-0.05, 0) is 19.8 Å². The smallest absolute Gasteiger partial charge is 0.339 e. The maximum atomic E-state index is 11.9. The molecule has 0 radical (unpaired) electrons. The summed E-state index contributed by atoms with van der Waals surface area (Å²) in [4.78, 5) is 25.0. The van der Waals surface area contributed by atoms with Crippen LogP contribution in [0.5, 0.6) is 5.75 Å². The van der Waals surface area contributed by atoms with Gasteiger partial charge in [-0.25, -0.2) is 4.79 Å². The van der Waals surface area contributed by atoms with E-state index in [9.17, 15) is 9.59 Å². The summed E-state index contributed by atoms with van der Waals surface area (Å²) in [6.45, 7) is 2.95. The minimum absolute atomic E-state index is 0.00905. The monoisotopic (exact) mass is 263 g/mol. The van der Waals surface area contributed by atoms with Crippen LogP contribution < -0.4 is 10.4 Å². The highest BCUT2D eigenvalue weighted by molar-refractivity contribution is 5.80. The van der Waals surface area contributed by atoms with Crippen LogP contribution in [0, 0.1) is 12.8 Å². The molecule has 1 aliphatic carbocycles. The van der Waals surface area contributed by atoms with Crippen molar-refractivity contribution in [3.8, 4) is 5.75 Å². The molecule has 0 bridgehead atoms. The Bertz CT molecular complexity index is 541. The number of ether oxygens (including phenoxy) is 1. The Morgan fingerprint density at radius 1 is 1.37 bits per heavy atom. The molecule has 1 saturated carbocycles. The molecule has 102 valence electrons. The molecule has 1 amide bonds. The molecule has 0 spiro atoms. The summed E-state index contributed by atoms with van der Waals surface area (Å²) < 4.78 is 10.5. The average molecular weight is 263 g/mol. The van der Waals surface area contributed by atoms with Gasteiger partial charge >= 0.3 is 5.63 Å². The van der Waals surface area contributed by atoms with Crippen LogP contribution in [0.15, 0.2) is 21.3 Å². The van der Waals surface area contributed by atoms with Gasteiger partial charge in [-0.2, -0.15) is 0 Å². The van der Waals surface area contributed by atoms with Crippen LogP contribution in [0.1, 0.15) is 25.0 Å². The SMILES string of the molecule is Cc1cc(OC2CN(C(=O)C3CCC3)C2)cc(=O)o1. The Labute approximate surface area is 111 Å². The van der Waals surface area contributed by atoms with E-state index in [2.05, 4.69) is 0 Å². The summed E-state index contributed by atoms with van der Waals surface area (Å²) in [5.41, 5.74) is -0.406. The van der Waals surface area contributed by atoms with Crippen molar-refractivity contribution in [3.05, 3.63) is 28.3 Å². The van der Waals surface area contributed by atoms with E-state index in [1.54, 1.807) is 13.0 Å². The van der Waals surface area contributed by atoms with Crippen LogP contribution in [0.3, 0.4) is 0 Å². The van der Waals surface area contributed by atoms with Crippen molar-refractivity contribution in [1.82, 2.24) is 4.90 Å². The zero-order valence-corrected chi connectivity index (χ0v) is 10.9. The molecule has 2 fully saturated rings. The average Bonchev–Trinajstić information content (AvgIpc) is 2.18. The Morgan fingerprint density at radius 2 is 2.11 bits per heavy atom. The van der Waals surface area contributed by atoms with Crippen molar-refractivity contribution in [2.75, 3.05) is 13.1 Å². The Kier molecular flexibility index (Phi) is 3.05. The van der Waals surface area contributed by atoms with Gasteiger partial charge in [0, 0.05) is 12.0 Å². The standard InChI is InChI=1S/C14H17NO4/c1-9-5-11(6-13(16)18-9)19-12-7-15(8-12)14(17)10-3-2-4-10/h5-6,10,12H,2-4,7-8H2,1H3. The second-order valence-corrected chi connectivity index (χ2v) is 5.33. The van der Waals surface area contributed by atoms with Gasteiger partial charge < -0.3 is 14.1 Å². The third kappa shape index (κ3) is 2.50. The maximum Gasteiger partial charge on any atom is 0.339 e. The quantitative estimate of drug-likeness (QED) is 0.825. The molecule has 0 atom stereocenters. The van der Waals surface area contributed by atoms with Crippen molar-refractivity contribution < 1.29 is 13.9 Å². The van der Waals surface area contributed by atoms with Gasteiger partial charge in [0.25, 0.3) is 0 Å². The summed E-state index contributed by atoms with van der Waals surface area (Å²) in [7, 11) is 0. The lowest BCUT2D eigenvalue weighted by atomic mass is 9.83. The highest BCUT2D eigenvalue weighted by Crippen LogP contribution is 2.30. The number of rotatable bonds is 3. The molecule has 2 heterocycles. The van der Waals surface area contributed by atoms with E-state index >= 15 is 0 Å². The van der Waals surface area contributed by atoms with Crippen LogP contribution in [0.4, 0.5) is 0 Å². The molecule has 0 aromatic carbocycles. The first-order valence-corrected chi connectivity index (χ1v) is 6.69. The zero-order valence-electron chi connectivity index (χ0n) is 10.9. The van der Waals surface area contributed by atoms with Crippen LogP contribution in [0.25, 0.3) is 0 Å². The molecule has 1 aromatic rings. The van der Waals surface area contributed by atoms with Crippen molar-refractivity contribution in [3.63, 3.8) is 0 Å². The number of amides is 1. The number of carbonyl (C=O) groups excluding carboxylic acids is 1. The van der Waals surface area contributed by atoms with Gasteiger partial charge in [-0.3, -0.25) is 4.79 Å². The van der Waals surface area contributed by atoms with Gasteiger partial charge in [0.15, 0.2) is 0 Å². The third-order valence-corrected chi connectivity index (χ3v) is 3.78. The van der Waals surface area contributed by atoms with E-state index in [1.165, 1.54) is 12.5 Å². The zero-order chi connectivity index (χ0) is 13.4.